The Hall–Kier alpha value is -2.90. The quantitative estimate of drug-likeness (QED) is 0.307. The van der Waals surface area contributed by atoms with Gasteiger partial charge in [0, 0.05) is 23.0 Å². The number of hydrogen-bond acceptors (Lipinski definition) is 5. The van der Waals surface area contributed by atoms with E-state index in [4.69, 9.17) is 0 Å². The third kappa shape index (κ3) is 5.13. The molecule has 1 amide bonds. The molecule has 7 heteroatoms. The number of thioether (sulfide) groups is 1. The lowest BCUT2D eigenvalue weighted by atomic mass is 10.2. The maximum Gasteiger partial charge on any atom is 0.261 e. The van der Waals surface area contributed by atoms with Gasteiger partial charge in [0.2, 0.25) is 0 Å². The summed E-state index contributed by atoms with van der Waals surface area (Å²) < 4.78 is 0. The number of H-pyrrole nitrogens is 1. The number of nitrogens with one attached hydrogen (secondary N) is 2. The number of thiophene rings is 1. The molecule has 5 nitrogen and oxygen atoms in total. The Morgan fingerprint density at radius 3 is 2.97 bits per heavy atom. The number of hydrogen-bond donors (Lipinski definition) is 2. The lowest BCUT2D eigenvalue weighted by molar-refractivity contribution is 0.0958. The number of carbonyl (C=O) groups excluding carboxylic acids is 1. The summed E-state index contributed by atoms with van der Waals surface area (Å²) in [7, 11) is 0. The highest BCUT2D eigenvalue weighted by atomic mass is 32.2. The highest BCUT2D eigenvalue weighted by molar-refractivity contribution is 7.99. The van der Waals surface area contributed by atoms with Crippen molar-refractivity contribution in [2.24, 2.45) is 0 Å². The van der Waals surface area contributed by atoms with E-state index < -0.39 is 0 Å². The first-order chi connectivity index (χ1) is 14.3. The van der Waals surface area contributed by atoms with Gasteiger partial charge in [-0.05, 0) is 66.1 Å². The monoisotopic (exact) mass is 420 g/mol. The summed E-state index contributed by atoms with van der Waals surface area (Å²) in [6, 6.07) is 15.9. The van der Waals surface area contributed by atoms with Gasteiger partial charge >= 0.3 is 0 Å². The summed E-state index contributed by atoms with van der Waals surface area (Å²) >= 11 is 3.24. The molecular formula is C22H20N4OS2. The number of rotatable bonds is 8. The Balaban J connectivity index is 1.29. The Bertz CT molecular complexity index is 1100. The van der Waals surface area contributed by atoms with Gasteiger partial charge in [-0.15, -0.1) is 23.1 Å². The van der Waals surface area contributed by atoms with Gasteiger partial charge in [0.25, 0.3) is 5.91 Å². The van der Waals surface area contributed by atoms with Gasteiger partial charge in [0.15, 0.2) is 0 Å². The van der Waals surface area contributed by atoms with Crippen LogP contribution in [-0.2, 0) is 0 Å². The lowest BCUT2D eigenvalue weighted by Crippen LogP contribution is -2.23. The molecular weight excluding hydrogens is 400 g/mol. The van der Waals surface area contributed by atoms with Crippen LogP contribution in [-0.4, -0.2) is 33.4 Å². The van der Waals surface area contributed by atoms with E-state index in [2.05, 4.69) is 38.7 Å². The van der Waals surface area contributed by atoms with E-state index >= 15 is 0 Å². The summed E-state index contributed by atoms with van der Waals surface area (Å²) in [4.78, 5) is 18.1. The molecule has 4 aromatic rings. The first-order valence-electron chi connectivity index (χ1n) is 9.31. The van der Waals surface area contributed by atoms with Crippen LogP contribution in [0.5, 0.6) is 0 Å². The number of benzene rings is 1. The van der Waals surface area contributed by atoms with Crippen molar-refractivity contribution in [3.8, 4) is 0 Å². The van der Waals surface area contributed by atoms with E-state index in [1.54, 1.807) is 18.0 Å². The summed E-state index contributed by atoms with van der Waals surface area (Å²) in [5, 5.41) is 13.5. The van der Waals surface area contributed by atoms with Crippen molar-refractivity contribution >= 4 is 52.1 Å². The SMILES string of the molecule is O=C(NCCCSc1ccc2c(/C=C/c3ccccn3)n[nH]c2c1)c1cccs1. The second-order valence-corrected chi connectivity index (χ2v) is 8.46. The van der Waals surface area contributed by atoms with Crippen LogP contribution in [0.1, 0.15) is 27.5 Å². The van der Waals surface area contributed by atoms with Crippen LogP contribution in [0.3, 0.4) is 0 Å². The van der Waals surface area contributed by atoms with Crippen LogP contribution >= 0.6 is 23.1 Å². The second kappa shape index (κ2) is 9.54. The predicted octanol–water partition coefficient (Wildman–Crippen LogP) is 5.10. The number of carbonyl (C=O) groups is 1. The molecule has 3 aromatic heterocycles. The Kier molecular flexibility index (Phi) is 6.38. The van der Waals surface area contributed by atoms with Crippen molar-refractivity contribution in [1.82, 2.24) is 20.5 Å². The first kappa shape index (κ1) is 19.4. The fourth-order valence-electron chi connectivity index (χ4n) is 2.83. The van der Waals surface area contributed by atoms with Gasteiger partial charge < -0.3 is 5.32 Å². The van der Waals surface area contributed by atoms with Gasteiger partial charge in [-0.2, -0.15) is 5.10 Å². The van der Waals surface area contributed by atoms with E-state index in [9.17, 15) is 4.79 Å². The number of aromatic nitrogens is 3. The van der Waals surface area contributed by atoms with E-state index in [0.717, 1.165) is 39.3 Å². The van der Waals surface area contributed by atoms with E-state index in [1.165, 1.54) is 16.2 Å². The molecule has 0 aliphatic rings. The van der Waals surface area contributed by atoms with Crippen LogP contribution < -0.4 is 5.32 Å². The molecule has 0 unspecified atom stereocenters. The summed E-state index contributed by atoms with van der Waals surface area (Å²) in [6.07, 6.45) is 6.63. The third-order valence-corrected chi connectivity index (χ3v) is 6.23. The number of nitrogens with zero attached hydrogens (tertiary/aromatic N) is 2. The standard InChI is InChI=1S/C22H20N4OS2/c27-22(21-6-3-13-29-21)24-12-4-14-28-17-8-9-18-19(25-26-20(18)15-17)10-7-16-5-1-2-11-23-16/h1-3,5-11,13,15H,4,12,14H2,(H,24,27)(H,25,26)/b10-7+. The van der Waals surface area contributed by atoms with Crippen molar-refractivity contribution in [3.63, 3.8) is 0 Å². The van der Waals surface area contributed by atoms with Crippen LogP contribution in [0, 0.1) is 0 Å². The molecule has 0 spiro atoms. The number of aromatic amines is 1. The fourth-order valence-corrected chi connectivity index (χ4v) is 4.36. The topological polar surface area (TPSA) is 70.7 Å². The van der Waals surface area contributed by atoms with Crippen molar-refractivity contribution < 1.29 is 4.79 Å². The van der Waals surface area contributed by atoms with Crippen molar-refractivity contribution in [2.45, 2.75) is 11.3 Å². The zero-order valence-corrected chi connectivity index (χ0v) is 17.3. The Labute approximate surface area is 177 Å². The molecule has 0 saturated carbocycles. The van der Waals surface area contributed by atoms with Crippen molar-refractivity contribution in [3.05, 3.63) is 76.4 Å². The summed E-state index contributed by atoms with van der Waals surface area (Å²) in [5.41, 5.74) is 2.82. The molecule has 0 aliphatic heterocycles. The zero-order valence-electron chi connectivity index (χ0n) is 15.7. The molecule has 29 heavy (non-hydrogen) atoms. The van der Waals surface area contributed by atoms with Gasteiger partial charge in [-0.25, -0.2) is 0 Å². The molecule has 0 atom stereocenters. The van der Waals surface area contributed by atoms with E-state index in [-0.39, 0.29) is 5.91 Å². The minimum Gasteiger partial charge on any atom is -0.351 e. The average Bonchev–Trinajstić information content (AvgIpc) is 3.43. The molecule has 4 rings (SSSR count). The smallest absolute Gasteiger partial charge is 0.261 e. The Morgan fingerprint density at radius 2 is 2.14 bits per heavy atom. The molecule has 0 saturated heterocycles. The van der Waals surface area contributed by atoms with E-state index in [1.807, 2.05) is 47.9 Å². The van der Waals surface area contributed by atoms with Gasteiger partial charge in [-0.3, -0.25) is 14.9 Å². The average molecular weight is 421 g/mol. The molecule has 0 radical (unpaired) electrons. The highest BCUT2D eigenvalue weighted by Gasteiger charge is 2.06. The minimum absolute atomic E-state index is 0.00941. The highest BCUT2D eigenvalue weighted by Crippen LogP contribution is 2.25. The minimum atomic E-state index is 0.00941. The number of amides is 1. The van der Waals surface area contributed by atoms with Gasteiger partial charge in [0.1, 0.15) is 0 Å². The van der Waals surface area contributed by atoms with Crippen LogP contribution in [0.4, 0.5) is 0 Å². The molecule has 146 valence electrons. The Morgan fingerprint density at radius 1 is 1.17 bits per heavy atom. The largest absolute Gasteiger partial charge is 0.351 e. The zero-order chi connectivity index (χ0) is 19.9. The first-order valence-corrected chi connectivity index (χ1v) is 11.2. The second-order valence-electron chi connectivity index (χ2n) is 6.34. The van der Waals surface area contributed by atoms with E-state index in [0.29, 0.717) is 6.54 Å². The molecule has 1 aromatic carbocycles. The normalized spacial score (nSPS) is 11.3. The van der Waals surface area contributed by atoms with Crippen molar-refractivity contribution in [2.75, 3.05) is 12.3 Å². The number of fused-ring (bicyclic) bond motifs is 1. The van der Waals surface area contributed by atoms with Gasteiger partial charge in [-0.1, -0.05) is 12.1 Å². The van der Waals surface area contributed by atoms with Crippen LogP contribution in [0.25, 0.3) is 23.1 Å². The third-order valence-electron chi connectivity index (χ3n) is 4.28. The fraction of sp³-hybridized carbons (Fsp3) is 0.136. The van der Waals surface area contributed by atoms with Gasteiger partial charge in [0.05, 0.1) is 21.8 Å². The maximum atomic E-state index is 11.9. The molecule has 0 aliphatic carbocycles. The molecule has 0 bridgehead atoms. The number of pyridine rings is 1. The molecule has 0 fully saturated rings. The lowest BCUT2D eigenvalue weighted by Gasteiger charge is -2.04. The molecule has 2 N–H and O–H groups in total. The maximum absolute atomic E-state index is 11.9. The van der Waals surface area contributed by atoms with Crippen molar-refractivity contribution in [1.29, 1.82) is 0 Å². The van der Waals surface area contributed by atoms with Crippen LogP contribution in [0.15, 0.2) is 65.0 Å². The van der Waals surface area contributed by atoms with Crippen LogP contribution in [0.2, 0.25) is 0 Å². The summed E-state index contributed by atoms with van der Waals surface area (Å²) in [6.45, 7) is 0.679. The molecule has 3 heterocycles. The predicted molar refractivity (Wildman–Crippen MR) is 121 cm³/mol. The summed E-state index contributed by atoms with van der Waals surface area (Å²) in [5.74, 6) is 0.951.